The topological polar surface area (TPSA) is 3.24 Å². The summed E-state index contributed by atoms with van der Waals surface area (Å²) >= 11 is 0. The molecule has 2 unspecified atom stereocenters. The molecule has 3 fully saturated rings. The predicted octanol–water partition coefficient (Wildman–Crippen LogP) is 16.0. The second-order valence-electron chi connectivity index (χ2n) is 18.5. The molecule has 2 spiro atoms. The molecular formula is C58H57N. The van der Waals surface area contributed by atoms with Crippen molar-refractivity contribution in [2.24, 2.45) is 17.8 Å². The molecule has 0 N–H and O–H groups in total. The minimum Gasteiger partial charge on any atom is -0.310 e. The summed E-state index contributed by atoms with van der Waals surface area (Å²) in [6, 6.07) is 51.9. The van der Waals surface area contributed by atoms with Crippen LogP contribution in [0.4, 0.5) is 17.1 Å². The van der Waals surface area contributed by atoms with Crippen LogP contribution in [0.2, 0.25) is 0 Å². The third kappa shape index (κ3) is 5.42. The van der Waals surface area contributed by atoms with Crippen molar-refractivity contribution in [3.63, 3.8) is 0 Å². The van der Waals surface area contributed by atoms with E-state index in [4.69, 9.17) is 0 Å². The van der Waals surface area contributed by atoms with Crippen molar-refractivity contribution in [1.29, 1.82) is 0 Å². The lowest BCUT2D eigenvalue weighted by Gasteiger charge is -2.55. The van der Waals surface area contributed by atoms with Gasteiger partial charge >= 0.3 is 0 Å². The molecule has 0 heterocycles. The zero-order valence-corrected chi connectivity index (χ0v) is 35.0. The average Bonchev–Trinajstić information content (AvgIpc) is 3.71. The Labute approximate surface area is 352 Å². The summed E-state index contributed by atoms with van der Waals surface area (Å²) in [5.74, 6) is 2.28. The maximum atomic E-state index is 4.17. The van der Waals surface area contributed by atoms with E-state index < -0.39 is 0 Å². The molecule has 0 saturated heterocycles. The van der Waals surface area contributed by atoms with Crippen LogP contribution in [0.5, 0.6) is 0 Å². The Morgan fingerprint density at radius 2 is 1.25 bits per heavy atom. The van der Waals surface area contributed by atoms with Crippen molar-refractivity contribution in [3.05, 3.63) is 185 Å². The summed E-state index contributed by atoms with van der Waals surface area (Å²) in [6.07, 6.45) is 18.7. The number of allylic oxidation sites excluding steroid dienone is 1. The van der Waals surface area contributed by atoms with Gasteiger partial charge in [0.1, 0.15) is 0 Å². The van der Waals surface area contributed by atoms with E-state index in [1.807, 2.05) is 6.08 Å². The van der Waals surface area contributed by atoms with Gasteiger partial charge in [0.05, 0.1) is 0 Å². The largest absolute Gasteiger partial charge is 0.310 e. The van der Waals surface area contributed by atoms with Crippen LogP contribution in [0.1, 0.15) is 123 Å². The smallest absolute Gasteiger partial charge is 0.0468 e. The van der Waals surface area contributed by atoms with Gasteiger partial charge in [0.25, 0.3) is 0 Å². The van der Waals surface area contributed by atoms with E-state index in [0.29, 0.717) is 11.8 Å². The fourth-order valence-corrected chi connectivity index (χ4v) is 13.5. The van der Waals surface area contributed by atoms with Crippen LogP contribution < -0.4 is 4.90 Å². The molecule has 6 aromatic carbocycles. The van der Waals surface area contributed by atoms with Gasteiger partial charge in [0.2, 0.25) is 0 Å². The van der Waals surface area contributed by atoms with Gasteiger partial charge < -0.3 is 4.90 Å². The quantitative estimate of drug-likeness (QED) is 0.156. The summed E-state index contributed by atoms with van der Waals surface area (Å²) < 4.78 is 0. The van der Waals surface area contributed by atoms with Crippen LogP contribution >= 0.6 is 0 Å². The molecule has 5 aliphatic rings. The van der Waals surface area contributed by atoms with Gasteiger partial charge in [-0.15, -0.1) is 0 Å². The zero-order chi connectivity index (χ0) is 39.7. The fourth-order valence-electron chi connectivity index (χ4n) is 13.5. The second kappa shape index (κ2) is 14.4. The third-order valence-corrected chi connectivity index (χ3v) is 16.0. The Balaban J connectivity index is 1.11. The van der Waals surface area contributed by atoms with Gasteiger partial charge in [0, 0.05) is 27.9 Å². The van der Waals surface area contributed by atoms with Gasteiger partial charge in [-0.3, -0.25) is 0 Å². The summed E-state index contributed by atoms with van der Waals surface area (Å²) in [5, 5.41) is 0. The van der Waals surface area contributed by atoms with Gasteiger partial charge in [-0.2, -0.15) is 0 Å². The summed E-state index contributed by atoms with van der Waals surface area (Å²) in [4.78, 5) is 2.58. The van der Waals surface area contributed by atoms with Crippen LogP contribution in [-0.4, -0.2) is 0 Å². The Hall–Kier alpha value is -5.40. The number of anilines is 3. The number of rotatable bonds is 7. The first-order valence-corrected chi connectivity index (χ1v) is 22.9. The predicted molar refractivity (Wildman–Crippen MR) is 250 cm³/mol. The molecule has 2 bridgehead atoms. The lowest BCUT2D eigenvalue weighted by Crippen LogP contribution is -2.49. The molecular weight excluding hydrogens is 711 g/mol. The normalized spacial score (nSPS) is 23.4. The number of nitrogens with zero attached hydrogens (tertiary/aromatic N) is 1. The molecule has 1 heteroatoms. The molecule has 59 heavy (non-hydrogen) atoms. The lowest BCUT2D eigenvalue weighted by atomic mass is 9.49. The molecule has 0 amide bonds. The van der Waals surface area contributed by atoms with Crippen LogP contribution in [0.3, 0.4) is 0 Å². The standard InChI is InChI=1S/C58H57N/c1-4-39-34-42-20-17-21-43(35-39)58(42)54-27-13-11-25-50(54)52-37-45(29-31-55(52)58)59(44-22-16-19-41(36-44)47(6-3)48-23-9-8-18-40(48)5-2)46-28-30-51-49-24-10-12-26-53(49)57(56(51)38-46)32-14-7-15-33-57/h5-6,8-13,16,18-19,22-31,36-39,42-43H,2,4,7,14-15,17,20-21,32-35H2,1,3H3/b47-6-. The van der Waals surface area contributed by atoms with E-state index in [-0.39, 0.29) is 10.8 Å². The van der Waals surface area contributed by atoms with Gasteiger partial charge in [-0.25, -0.2) is 0 Å². The van der Waals surface area contributed by atoms with Gasteiger partial charge in [-0.1, -0.05) is 155 Å². The average molecular weight is 768 g/mol. The van der Waals surface area contributed by atoms with Crippen LogP contribution in [0, 0.1) is 17.8 Å². The van der Waals surface area contributed by atoms with E-state index >= 15 is 0 Å². The van der Waals surface area contributed by atoms with E-state index in [1.165, 1.54) is 132 Å². The number of hydrogen-bond acceptors (Lipinski definition) is 1. The van der Waals surface area contributed by atoms with Crippen LogP contribution in [-0.2, 0) is 10.8 Å². The lowest BCUT2D eigenvalue weighted by molar-refractivity contribution is 0.0492. The molecule has 2 atom stereocenters. The van der Waals surface area contributed by atoms with Crippen LogP contribution in [0.15, 0.2) is 146 Å². The van der Waals surface area contributed by atoms with Crippen molar-refractivity contribution < 1.29 is 0 Å². The van der Waals surface area contributed by atoms with E-state index in [1.54, 1.807) is 16.7 Å². The highest BCUT2D eigenvalue weighted by Crippen LogP contribution is 2.66. The molecule has 11 rings (SSSR count). The van der Waals surface area contributed by atoms with Crippen molar-refractivity contribution >= 4 is 28.7 Å². The number of benzene rings is 6. The molecule has 3 saturated carbocycles. The van der Waals surface area contributed by atoms with E-state index in [9.17, 15) is 0 Å². The first kappa shape index (κ1) is 36.7. The Bertz CT molecular complexity index is 2620. The first-order chi connectivity index (χ1) is 29.1. The van der Waals surface area contributed by atoms with Crippen molar-refractivity contribution in [2.45, 2.75) is 95.3 Å². The monoisotopic (exact) mass is 767 g/mol. The minimum absolute atomic E-state index is 0.0819. The Kier molecular flexibility index (Phi) is 8.95. The molecule has 294 valence electrons. The third-order valence-electron chi connectivity index (χ3n) is 16.0. The second-order valence-corrected chi connectivity index (χ2v) is 18.5. The minimum atomic E-state index is 0.0819. The highest BCUT2D eigenvalue weighted by atomic mass is 15.1. The highest BCUT2D eigenvalue weighted by molar-refractivity contribution is 5.91. The molecule has 6 aromatic rings. The van der Waals surface area contributed by atoms with E-state index in [2.05, 4.69) is 165 Å². The molecule has 0 aromatic heterocycles. The SMILES string of the molecule is C=Cc1ccccc1/C(=C\C)c1cccc(N(c2ccc3c(c2)-c2ccccc2C32C3CCCC2CC(CC)C3)c2ccc3c(c2)C2(CCCCC2)c2ccccc2-3)c1. The van der Waals surface area contributed by atoms with Crippen molar-refractivity contribution in [2.75, 3.05) is 4.90 Å². The summed E-state index contributed by atoms with van der Waals surface area (Å²) in [5.41, 5.74) is 20.8. The maximum absolute atomic E-state index is 4.17. The van der Waals surface area contributed by atoms with E-state index in [0.717, 1.165) is 11.5 Å². The fraction of sp³-hybridized carbons (Fsp3) is 0.310. The number of hydrogen-bond donors (Lipinski definition) is 0. The molecule has 0 aliphatic heterocycles. The summed E-state index contributed by atoms with van der Waals surface area (Å²) in [6.45, 7) is 8.77. The Morgan fingerprint density at radius 3 is 2.02 bits per heavy atom. The van der Waals surface area contributed by atoms with Gasteiger partial charge in [-0.05, 0) is 166 Å². The molecule has 5 aliphatic carbocycles. The summed E-state index contributed by atoms with van der Waals surface area (Å²) in [7, 11) is 0. The van der Waals surface area contributed by atoms with Crippen molar-refractivity contribution in [3.8, 4) is 22.3 Å². The van der Waals surface area contributed by atoms with Gasteiger partial charge in [0.15, 0.2) is 0 Å². The molecule has 0 radical (unpaired) electrons. The van der Waals surface area contributed by atoms with Crippen molar-refractivity contribution in [1.82, 2.24) is 0 Å². The van der Waals surface area contributed by atoms with Crippen LogP contribution in [0.25, 0.3) is 33.9 Å². The maximum Gasteiger partial charge on any atom is 0.0468 e. The first-order valence-electron chi connectivity index (χ1n) is 22.9. The highest BCUT2D eigenvalue weighted by Gasteiger charge is 2.57. The number of fused-ring (bicyclic) bond motifs is 8. The molecule has 1 nitrogen and oxygen atoms in total. The Morgan fingerprint density at radius 1 is 0.610 bits per heavy atom. The zero-order valence-electron chi connectivity index (χ0n) is 35.0.